The molecule has 5 heteroatoms. The zero-order chi connectivity index (χ0) is 11.7. The van der Waals surface area contributed by atoms with E-state index >= 15 is 0 Å². The highest BCUT2D eigenvalue weighted by molar-refractivity contribution is 5.82. The molecule has 5 nitrogen and oxygen atoms in total. The molecule has 2 N–H and O–H groups in total. The van der Waals surface area contributed by atoms with Crippen molar-refractivity contribution < 1.29 is 14.7 Å². The Morgan fingerprint density at radius 1 is 1.69 bits per heavy atom. The van der Waals surface area contributed by atoms with Gasteiger partial charge in [0.15, 0.2) is 0 Å². The topological polar surface area (TPSA) is 69.6 Å². The van der Waals surface area contributed by atoms with Gasteiger partial charge in [-0.1, -0.05) is 6.92 Å². The number of rotatable bonds is 3. The molecule has 2 saturated heterocycles. The van der Waals surface area contributed by atoms with Crippen molar-refractivity contribution in [3.05, 3.63) is 0 Å². The van der Waals surface area contributed by atoms with Gasteiger partial charge in [0, 0.05) is 19.1 Å². The maximum atomic E-state index is 11.5. The number of nitrogens with one attached hydrogen (secondary N) is 1. The number of likely N-dealkylation sites (tertiary alicyclic amines) is 1. The van der Waals surface area contributed by atoms with Crippen molar-refractivity contribution >= 4 is 11.9 Å². The standard InChI is InChI=1S/C11H18N2O3/c1-7(11(15)16)6-13-4-2-3-8-9(13)5-12-10(8)14/h7-9H,2-6H2,1H3,(H,12,14)(H,15,16). The molecule has 2 rings (SSSR count). The smallest absolute Gasteiger partial charge is 0.307 e. The van der Waals surface area contributed by atoms with Crippen LogP contribution in [0.25, 0.3) is 0 Å². The van der Waals surface area contributed by atoms with E-state index in [4.69, 9.17) is 5.11 Å². The predicted molar refractivity (Wildman–Crippen MR) is 57.9 cm³/mol. The average molecular weight is 226 g/mol. The molecule has 0 spiro atoms. The summed E-state index contributed by atoms with van der Waals surface area (Å²) in [6.45, 7) is 3.85. The molecule has 0 aromatic heterocycles. The summed E-state index contributed by atoms with van der Waals surface area (Å²) in [6.07, 6.45) is 1.93. The molecular weight excluding hydrogens is 208 g/mol. The number of hydrogen-bond donors (Lipinski definition) is 2. The van der Waals surface area contributed by atoms with E-state index in [0.29, 0.717) is 13.1 Å². The zero-order valence-electron chi connectivity index (χ0n) is 9.48. The van der Waals surface area contributed by atoms with Crippen molar-refractivity contribution in [3.8, 4) is 0 Å². The summed E-state index contributed by atoms with van der Waals surface area (Å²) in [4.78, 5) is 24.5. The molecule has 0 radical (unpaired) electrons. The van der Waals surface area contributed by atoms with Crippen molar-refractivity contribution in [2.75, 3.05) is 19.6 Å². The van der Waals surface area contributed by atoms with Crippen molar-refractivity contribution in [1.82, 2.24) is 10.2 Å². The Kier molecular flexibility index (Phi) is 3.14. The Morgan fingerprint density at radius 3 is 3.12 bits per heavy atom. The van der Waals surface area contributed by atoms with Crippen molar-refractivity contribution in [1.29, 1.82) is 0 Å². The van der Waals surface area contributed by atoms with Crippen LogP contribution in [0, 0.1) is 11.8 Å². The first-order valence-electron chi connectivity index (χ1n) is 5.84. The molecule has 1 amide bonds. The van der Waals surface area contributed by atoms with Gasteiger partial charge in [0.05, 0.1) is 11.8 Å². The van der Waals surface area contributed by atoms with Crippen molar-refractivity contribution in [2.24, 2.45) is 11.8 Å². The molecule has 3 unspecified atom stereocenters. The highest BCUT2D eigenvalue weighted by atomic mass is 16.4. The molecule has 0 aromatic carbocycles. The summed E-state index contributed by atoms with van der Waals surface area (Å²) in [5, 5.41) is 11.8. The summed E-state index contributed by atoms with van der Waals surface area (Å²) in [6, 6.07) is 0.211. The Labute approximate surface area is 94.8 Å². The van der Waals surface area contributed by atoms with Crippen LogP contribution < -0.4 is 5.32 Å². The van der Waals surface area contributed by atoms with Crippen LogP contribution in [-0.2, 0) is 9.59 Å². The van der Waals surface area contributed by atoms with E-state index in [1.807, 2.05) is 0 Å². The molecule has 2 aliphatic rings. The minimum Gasteiger partial charge on any atom is -0.481 e. The molecule has 16 heavy (non-hydrogen) atoms. The second-order valence-corrected chi connectivity index (χ2v) is 4.80. The molecule has 2 fully saturated rings. The van der Waals surface area contributed by atoms with Gasteiger partial charge in [-0.3, -0.25) is 14.5 Å². The average Bonchev–Trinajstić information content (AvgIpc) is 2.62. The Hall–Kier alpha value is -1.10. The number of carbonyl (C=O) groups is 2. The number of nitrogens with zero attached hydrogens (tertiary/aromatic N) is 1. The van der Waals surface area contributed by atoms with Crippen LogP contribution in [0.4, 0.5) is 0 Å². The van der Waals surface area contributed by atoms with Crippen LogP contribution in [0.5, 0.6) is 0 Å². The number of fused-ring (bicyclic) bond motifs is 1. The molecule has 3 atom stereocenters. The number of carboxylic acids is 1. The van der Waals surface area contributed by atoms with Gasteiger partial charge in [-0.25, -0.2) is 0 Å². The largest absolute Gasteiger partial charge is 0.481 e. The summed E-state index contributed by atoms with van der Waals surface area (Å²) in [5.41, 5.74) is 0. The fraction of sp³-hybridized carbons (Fsp3) is 0.818. The predicted octanol–water partition coefficient (Wildman–Crippen LogP) is -0.0825. The third-order valence-electron chi connectivity index (χ3n) is 3.65. The molecule has 2 heterocycles. The first-order chi connectivity index (χ1) is 7.59. The van der Waals surface area contributed by atoms with Crippen LogP contribution >= 0.6 is 0 Å². The number of hydrogen-bond acceptors (Lipinski definition) is 3. The van der Waals surface area contributed by atoms with Gasteiger partial charge >= 0.3 is 5.97 Å². The highest BCUT2D eigenvalue weighted by Gasteiger charge is 2.41. The first kappa shape index (κ1) is 11.4. The number of piperidine rings is 1. The maximum Gasteiger partial charge on any atom is 0.307 e. The summed E-state index contributed by atoms with van der Waals surface area (Å²) >= 11 is 0. The molecule has 2 aliphatic heterocycles. The van der Waals surface area contributed by atoms with Gasteiger partial charge in [0.2, 0.25) is 5.91 Å². The second-order valence-electron chi connectivity index (χ2n) is 4.80. The lowest BCUT2D eigenvalue weighted by Gasteiger charge is -2.36. The molecule has 0 aliphatic carbocycles. The number of amides is 1. The van der Waals surface area contributed by atoms with E-state index in [-0.39, 0.29) is 23.8 Å². The van der Waals surface area contributed by atoms with Crippen LogP contribution in [0.15, 0.2) is 0 Å². The van der Waals surface area contributed by atoms with Crippen molar-refractivity contribution in [3.63, 3.8) is 0 Å². The van der Waals surface area contributed by atoms with Crippen molar-refractivity contribution in [2.45, 2.75) is 25.8 Å². The molecular formula is C11H18N2O3. The van der Waals surface area contributed by atoms with E-state index in [1.54, 1.807) is 6.92 Å². The Morgan fingerprint density at radius 2 is 2.44 bits per heavy atom. The minimum atomic E-state index is -0.764. The van der Waals surface area contributed by atoms with Crippen LogP contribution in [-0.4, -0.2) is 47.6 Å². The van der Waals surface area contributed by atoms with E-state index in [2.05, 4.69) is 10.2 Å². The normalized spacial score (nSPS) is 31.9. The van der Waals surface area contributed by atoms with Crippen LogP contribution in [0.3, 0.4) is 0 Å². The maximum absolute atomic E-state index is 11.5. The lowest BCUT2D eigenvalue weighted by molar-refractivity contribution is -0.142. The third-order valence-corrected chi connectivity index (χ3v) is 3.65. The monoisotopic (exact) mass is 226 g/mol. The Bertz CT molecular complexity index is 306. The lowest BCUT2D eigenvalue weighted by Crippen LogP contribution is -2.48. The van der Waals surface area contributed by atoms with Gasteiger partial charge in [0.25, 0.3) is 0 Å². The van der Waals surface area contributed by atoms with Gasteiger partial charge in [0.1, 0.15) is 0 Å². The molecule has 0 aromatic rings. The Balaban J connectivity index is 1.99. The van der Waals surface area contributed by atoms with Gasteiger partial charge in [-0.05, 0) is 19.4 Å². The van der Waals surface area contributed by atoms with Gasteiger partial charge in [-0.15, -0.1) is 0 Å². The van der Waals surface area contributed by atoms with E-state index in [0.717, 1.165) is 19.4 Å². The minimum absolute atomic E-state index is 0.0785. The quantitative estimate of drug-likeness (QED) is 0.706. The van der Waals surface area contributed by atoms with Crippen LogP contribution in [0.2, 0.25) is 0 Å². The van der Waals surface area contributed by atoms with Gasteiger partial charge < -0.3 is 10.4 Å². The summed E-state index contributed by atoms with van der Waals surface area (Å²) < 4.78 is 0. The lowest BCUT2D eigenvalue weighted by atomic mass is 9.91. The molecule has 0 bridgehead atoms. The number of carboxylic acid groups (broad SMARTS) is 1. The molecule has 90 valence electrons. The first-order valence-corrected chi connectivity index (χ1v) is 5.84. The summed E-state index contributed by atoms with van der Waals surface area (Å²) in [7, 11) is 0. The fourth-order valence-corrected chi connectivity index (χ4v) is 2.70. The fourth-order valence-electron chi connectivity index (χ4n) is 2.70. The number of aliphatic carboxylic acids is 1. The van der Waals surface area contributed by atoms with Gasteiger partial charge in [-0.2, -0.15) is 0 Å². The summed E-state index contributed by atoms with van der Waals surface area (Å²) in [5.74, 6) is -0.915. The second kappa shape index (κ2) is 4.41. The third kappa shape index (κ3) is 2.04. The molecule has 0 saturated carbocycles. The van der Waals surface area contributed by atoms with E-state index in [9.17, 15) is 9.59 Å². The number of carbonyl (C=O) groups excluding carboxylic acids is 1. The van der Waals surface area contributed by atoms with E-state index in [1.165, 1.54) is 0 Å². The van der Waals surface area contributed by atoms with Crippen LogP contribution in [0.1, 0.15) is 19.8 Å². The highest BCUT2D eigenvalue weighted by Crippen LogP contribution is 2.27. The zero-order valence-corrected chi connectivity index (χ0v) is 9.48. The SMILES string of the molecule is CC(CN1CCCC2C(=O)NCC21)C(=O)O. The van der Waals surface area contributed by atoms with E-state index < -0.39 is 5.97 Å².